The van der Waals surface area contributed by atoms with Gasteiger partial charge in [-0.15, -0.1) is 0 Å². The summed E-state index contributed by atoms with van der Waals surface area (Å²) in [5.41, 5.74) is -0.133. The van der Waals surface area contributed by atoms with E-state index in [9.17, 15) is 30.7 Å². The average Bonchev–Trinajstić information content (AvgIpc) is 3.03. The number of carbonyl (C=O) groups is 1. The molecule has 1 heterocycles. The second-order valence-corrected chi connectivity index (χ2v) is 10.4. The molecule has 178 valence electrons. The van der Waals surface area contributed by atoms with Gasteiger partial charge in [-0.25, -0.2) is 0 Å². The van der Waals surface area contributed by atoms with Gasteiger partial charge < -0.3 is 0 Å². The normalized spacial score (nSPS) is 16.1. The molecule has 4 rings (SSSR count). The van der Waals surface area contributed by atoms with Crippen molar-refractivity contribution in [1.29, 1.82) is 0 Å². The molecule has 16 heteroatoms. The van der Waals surface area contributed by atoms with Crippen LogP contribution in [0.15, 0.2) is 79.7 Å². The number of halogens is 1. The Labute approximate surface area is 255 Å². The third kappa shape index (κ3) is 6.25. The number of hydrazone groups is 1. The van der Waals surface area contributed by atoms with E-state index >= 15 is 0 Å². The molecule has 0 spiro atoms. The monoisotopic (exact) mass is 568 g/mol. The van der Waals surface area contributed by atoms with Crippen LogP contribution in [0.25, 0.3) is 10.8 Å². The first kappa shape index (κ1) is 31.0. The van der Waals surface area contributed by atoms with Crippen molar-refractivity contribution in [3.63, 3.8) is 0 Å². The summed E-state index contributed by atoms with van der Waals surface area (Å²) in [5, 5.41) is 13.5. The summed E-state index contributed by atoms with van der Waals surface area (Å²) >= 11 is 6.10. The molecule has 0 aliphatic carbocycles. The minimum Gasteiger partial charge on any atom is -0.282 e. The van der Waals surface area contributed by atoms with Gasteiger partial charge in [0, 0.05) is 64.5 Å². The molecule has 3 aromatic carbocycles. The Bertz CT molecular complexity index is 1630. The SMILES string of the molecule is CC1=NN(c2cc(S(=O)(=O)O)ccc2Cl)C(=O)C1N=Nc1ccc2ccccc2c1S(=O)(=O)O.[Na].[Na]. The minimum atomic E-state index is -4.69. The average molecular weight is 569 g/mol. The molecular weight excluding hydrogens is 554 g/mol. The van der Waals surface area contributed by atoms with Crippen molar-refractivity contribution >= 4 is 125 Å². The van der Waals surface area contributed by atoms with E-state index in [-0.39, 0.29) is 86.6 Å². The Morgan fingerprint density at radius 1 is 0.972 bits per heavy atom. The van der Waals surface area contributed by atoms with Crippen molar-refractivity contribution in [3.8, 4) is 0 Å². The van der Waals surface area contributed by atoms with Crippen molar-refractivity contribution in [1.82, 2.24) is 0 Å². The van der Waals surface area contributed by atoms with Gasteiger partial charge in [0.1, 0.15) is 10.6 Å². The van der Waals surface area contributed by atoms with Gasteiger partial charge in [-0.2, -0.15) is 37.2 Å². The second kappa shape index (κ2) is 11.7. The number of carbonyl (C=O) groups excluding carboxylic acids is 1. The van der Waals surface area contributed by atoms with Gasteiger partial charge >= 0.3 is 0 Å². The van der Waals surface area contributed by atoms with Crippen LogP contribution < -0.4 is 5.01 Å². The molecule has 2 N–H and O–H groups in total. The Morgan fingerprint density at radius 3 is 2.28 bits per heavy atom. The standard InChI is InChI=1S/C20H15ClN4O7S2.2Na/c1-11-18(20(26)25(24-11)17-10-13(33(27,28)29)7-8-15(17)21)23-22-16-9-6-12-4-2-3-5-14(12)19(16)34(30,31)32;;/h2-10,18H,1H3,(H,27,28,29)(H,30,31,32);;. The van der Waals surface area contributed by atoms with Crippen LogP contribution in [0, 0.1) is 0 Å². The third-order valence-corrected chi connectivity index (χ3v) is 7.05. The van der Waals surface area contributed by atoms with Crippen molar-refractivity contribution in [3.05, 3.63) is 59.6 Å². The molecular formula is C20H15ClN4Na2O7S2. The molecule has 1 aliphatic rings. The topological polar surface area (TPSA) is 166 Å². The van der Waals surface area contributed by atoms with Gasteiger partial charge in [-0.1, -0.05) is 41.9 Å². The number of azo groups is 1. The van der Waals surface area contributed by atoms with Gasteiger partial charge in [-0.05, 0) is 36.6 Å². The largest absolute Gasteiger partial charge is 0.297 e. The molecule has 1 unspecified atom stereocenters. The maximum Gasteiger partial charge on any atom is 0.297 e. The summed E-state index contributed by atoms with van der Waals surface area (Å²) in [5.74, 6) is -0.746. The first-order chi connectivity index (χ1) is 15.9. The number of rotatable bonds is 5. The quantitative estimate of drug-likeness (QED) is 0.271. The van der Waals surface area contributed by atoms with Crippen molar-refractivity contribution in [2.75, 3.05) is 5.01 Å². The second-order valence-electron chi connectivity index (χ2n) is 7.21. The number of nitrogens with zero attached hydrogens (tertiary/aromatic N) is 4. The molecule has 2 radical (unpaired) electrons. The molecule has 0 bridgehead atoms. The molecule has 0 aromatic heterocycles. The van der Waals surface area contributed by atoms with E-state index in [1.54, 1.807) is 24.3 Å². The predicted molar refractivity (Wildman–Crippen MR) is 135 cm³/mol. The van der Waals surface area contributed by atoms with Gasteiger partial charge in [0.2, 0.25) is 0 Å². The third-order valence-electron chi connectivity index (χ3n) is 4.94. The summed E-state index contributed by atoms with van der Waals surface area (Å²) in [6.07, 6.45) is 0. The summed E-state index contributed by atoms with van der Waals surface area (Å²) in [7, 11) is -9.26. The van der Waals surface area contributed by atoms with Gasteiger partial charge in [0.05, 0.1) is 21.3 Å². The van der Waals surface area contributed by atoms with Gasteiger partial charge in [0.25, 0.3) is 26.1 Å². The summed E-state index contributed by atoms with van der Waals surface area (Å²) < 4.78 is 66.1. The number of amides is 1. The Kier molecular flexibility index (Phi) is 10.0. The van der Waals surface area contributed by atoms with Crippen LogP contribution in [0.5, 0.6) is 0 Å². The smallest absolute Gasteiger partial charge is 0.282 e. The summed E-state index contributed by atoms with van der Waals surface area (Å²) in [6.45, 7) is 1.46. The van der Waals surface area contributed by atoms with Crippen LogP contribution in [0.2, 0.25) is 5.02 Å². The van der Waals surface area contributed by atoms with Crippen LogP contribution in [-0.2, 0) is 25.0 Å². The van der Waals surface area contributed by atoms with Crippen molar-refractivity contribution in [2.45, 2.75) is 22.8 Å². The van der Waals surface area contributed by atoms with Crippen molar-refractivity contribution < 1.29 is 30.7 Å². The Hall–Kier alpha value is -1.23. The number of benzene rings is 3. The molecule has 0 saturated heterocycles. The molecule has 11 nitrogen and oxygen atoms in total. The zero-order chi connectivity index (χ0) is 24.8. The van der Waals surface area contributed by atoms with Crippen LogP contribution in [0.3, 0.4) is 0 Å². The van der Waals surface area contributed by atoms with E-state index in [2.05, 4.69) is 15.3 Å². The van der Waals surface area contributed by atoms with Crippen molar-refractivity contribution in [2.24, 2.45) is 15.3 Å². The Morgan fingerprint density at radius 2 is 1.64 bits per heavy atom. The van der Waals surface area contributed by atoms with E-state index in [1.165, 1.54) is 25.1 Å². The van der Waals surface area contributed by atoms with E-state index in [4.69, 9.17) is 11.6 Å². The molecule has 1 aliphatic heterocycles. The minimum absolute atomic E-state index is 0. The molecule has 3 aromatic rings. The first-order valence-corrected chi connectivity index (χ1v) is 12.7. The fourth-order valence-corrected chi connectivity index (χ4v) is 4.91. The molecule has 36 heavy (non-hydrogen) atoms. The summed E-state index contributed by atoms with van der Waals surface area (Å²) in [6, 6.07) is 11.3. The maximum absolute atomic E-state index is 13.0. The van der Waals surface area contributed by atoms with Gasteiger partial charge in [-0.3, -0.25) is 13.9 Å². The number of anilines is 1. The first-order valence-electron chi connectivity index (χ1n) is 9.44. The van der Waals surface area contributed by atoms with Crippen LogP contribution in [0.4, 0.5) is 11.4 Å². The molecule has 1 atom stereocenters. The summed E-state index contributed by atoms with van der Waals surface area (Å²) in [4.78, 5) is 12.0. The predicted octanol–water partition coefficient (Wildman–Crippen LogP) is 3.10. The zero-order valence-corrected chi connectivity index (χ0v) is 25.6. The van der Waals surface area contributed by atoms with E-state index in [0.29, 0.717) is 5.39 Å². The van der Waals surface area contributed by atoms with E-state index in [0.717, 1.165) is 17.1 Å². The fraction of sp³-hybridized carbons (Fsp3) is 0.100. The Balaban J connectivity index is 0.00000228. The molecule has 0 saturated carbocycles. The maximum atomic E-state index is 13.0. The number of hydrogen-bond donors (Lipinski definition) is 2. The van der Waals surface area contributed by atoms with Gasteiger partial charge in [0.15, 0.2) is 6.04 Å². The number of fused-ring (bicyclic) bond motifs is 1. The van der Waals surface area contributed by atoms with Crippen LogP contribution in [0.1, 0.15) is 6.92 Å². The van der Waals surface area contributed by atoms with E-state index in [1.807, 2.05) is 0 Å². The fourth-order valence-electron chi connectivity index (χ4n) is 3.38. The number of hydrogen-bond acceptors (Lipinski definition) is 8. The van der Waals surface area contributed by atoms with Crippen LogP contribution >= 0.6 is 11.6 Å². The molecule has 1 amide bonds. The molecule has 0 fully saturated rings. The zero-order valence-electron chi connectivity index (χ0n) is 19.2. The van der Waals surface area contributed by atoms with E-state index < -0.39 is 42.0 Å². The van der Waals surface area contributed by atoms with Crippen LogP contribution in [-0.4, -0.2) is 103 Å².